The molecular formula is C22H18F3N3O3S. The highest BCUT2D eigenvalue weighted by Crippen LogP contribution is 2.29. The zero-order valence-electron chi connectivity index (χ0n) is 16.8. The molecule has 0 radical (unpaired) electrons. The third-order valence-corrected chi connectivity index (χ3v) is 5.03. The van der Waals surface area contributed by atoms with Gasteiger partial charge in [-0.2, -0.15) is 13.2 Å². The Bertz CT molecular complexity index is 1090. The monoisotopic (exact) mass is 461 g/mol. The van der Waals surface area contributed by atoms with Crippen LogP contribution in [0.5, 0.6) is 0 Å². The van der Waals surface area contributed by atoms with E-state index < -0.39 is 17.7 Å². The quantitative estimate of drug-likeness (QED) is 0.208. The number of ketones is 1. The molecule has 0 saturated carbocycles. The van der Waals surface area contributed by atoms with Crippen molar-refractivity contribution >= 4 is 35.0 Å². The predicted octanol–water partition coefficient (Wildman–Crippen LogP) is 5.39. The summed E-state index contributed by atoms with van der Waals surface area (Å²) in [5, 5.41) is 3.41. The van der Waals surface area contributed by atoms with Crippen LogP contribution in [-0.2, 0) is 10.9 Å². The van der Waals surface area contributed by atoms with Gasteiger partial charge in [-0.15, -0.1) is 0 Å². The summed E-state index contributed by atoms with van der Waals surface area (Å²) in [5.74, 6) is -0.283. The number of hydrogen-bond acceptors (Lipinski definition) is 7. The molecule has 0 fully saturated rings. The van der Waals surface area contributed by atoms with Crippen LogP contribution in [-0.4, -0.2) is 34.1 Å². The number of esters is 1. The SMILES string of the molecule is CCOC(=O)c1ccc(Nc2ccnc(SCC(=O)c3ccc(C(F)(F)F)cc3)n2)cc1. The zero-order valence-corrected chi connectivity index (χ0v) is 17.7. The Morgan fingerprint density at radius 1 is 1.00 bits per heavy atom. The molecule has 0 amide bonds. The van der Waals surface area contributed by atoms with Crippen molar-refractivity contribution in [3.05, 3.63) is 77.5 Å². The molecule has 3 rings (SSSR count). The number of anilines is 2. The van der Waals surface area contributed by atoms with Gasteiger partial charge in [0.1, 0.15) is 5.82 Å². The van der Waals surface area contributed by atoms with Crippen LogP contribution in [0.15, 0.2) is 66.0 Å². The Morgan fingerprint density at radius 3 is 2.28 bits per heavy atom. The van der Waals surface area contributed by atoms with Crippen LogP contribution >= 0.6 is 11.8 Å². The highest BCUT2D eigenvalue weighted by Gasteiger charge is 2.30. The largest absolute Gasteiger partial charge is 0.462 e. The number of thioether (sulfide) groups is 1. The lowest BCUT2D eigenvalue weighted by atomic mass is 10.1. The Hall–Kier alpha value is -3.40. The molecule has 0 aliphatic heterocycles. The average Bonchev–Trinajstić information content (AvgIpc) is 2.78. The maximum absolute atomic E-state index is 12.6. The molecule has 1 N–H and O–H groups in total. The maximum Gasteiger partial charge on any atom is 0.416 e. The smallest absolute Gasteiger partial charge is 0.416 e. The van der Waals surface area contributed by atoms with Crippen molar-refractivity contribution in [1.82, 2.24) is 9.97 Å². The second-order valence-electron chi connectivity index (χ2n) is 6.43. The number of carbonyl (C=O) groups is 2. The third kappa shape index (κ3) is 6.30. The van der Waals surface area contributed by atoms with Gasteiger partial charge in [-0.05, 0) is 49.4 Å². The van der Waals surface area contributed by atoms with Crippen molar-refractivity contribution < 1.29 is 27.5 Å². The minimum absolute atomic E-state index is 0.0247. The van der Waals surface area contributed by atoms with Gasteiger partial charge in [0.05, 0.1) is 23.5 Å². The molecule has 6 nitrogen and oxygen atoms in total. The summed E-state index contributed by atoms with van der Waals surface area (Å²) in [7, 11) is 0. The van der Waals surface area contributed by atoms with Gasteiger partial charge < -0.3 is 10.1 Å². The summed E-state index contributed by atoms with van der Waals surface area (Å²) in [6, 6.07) is 12.4. The van der Waals surface area contributed by atoms with Gasteiger partial charge in [-0.3, -0.25) is 4.79 Å². The number of Topliss-reactive ketones (excluding diaryl/α,β-unsaturated/α-hetero) is 1. The standard InChI is InChI=1S/C22H18F3N3O3S/c1-2-31-20(30)15-5-9-17(10-6-15)27-19-11-12-26-21(28-19)32-13-18(29)14-3-7-16(8-4-14)22(23,24)25/h3-12H,2,13H2,1H3,(H,26,27,28). The number of halogens is 3. The van der Waals surface area contributed by atoms with E-state index in [0.29, 0.717) is 28.8 Å². The van der Waals surface area contributed by atoms with E-state index in [0.717, 1.165) is 36.0 Å². The maximum atomic E-state index is 12.6. The molecular weight excluding hydrogens is 443 g/mol. The molecule has 0 aliphatic carbocycles. The second kappa shape index (κ2) is 10.3. The number of aromatic nitrogens is 2. The molecule has 0 spiro atoms. The fourth-order valence-corrected chi connectivity index (χ4v) is 3.32. The van der Waals surface area contributed by atoms with E-state index in [9.17, 15) is 22.8 Å². The summed E-state index contributed by atoms with van der Waals surface area (Å²) in [6.45, 7) is 2.03. The zero-order chi connectivity index (χ0) is 23.1. The number of nitrogens with zero attached hydrogens (tertiary/aromatic N) is 2. The molecule has 166 valence electrons. The number of benzene rings is 2. The van der Waals surface area contributed by atoms with Gasteiger partial charge >= 0.3 is 12.1 Å². The highest BCUT2D eigenvalue weighted by molar-refractivity contribution is 7.99. The lowest BCUT2D eigenvalue weighted by Gasteiger charge is -2.08. The Labute approximate surface area is 186 Å². The number of nitrogens with one attached hydrogen (secondary N) is 1. The minimum Gasteiger partial charge on any atom is -0.462 e. The van der Waals surface area contributed by atoms with Gasteiger partial charge in [0, 0.05) is 17.4 Å². The van der Waals surface area contributed by atoms with Gasteiger partial charge in [-0.25, -0.2) is 14.8 Å². The number of alkyl halides is 3. The molecule has 10 heteroatoms. The molecule has 2 aromatic carbocycles. The molecule has 0 unspecified atom stereocenters. The van der Waals surface area contributed by atoms with Crippen molar-refractivity contribution in [2.24, 2.45) is 0 Å². The number of rotatable bonds is 8. The summed E-state index contributed by atoms with van der Waals surface area (Å²) < 4.78 is 42.9. The van der Waals surface area contributed by atoms with Gasteiger partial charge in [0.25, 0.3) is 0 Å². The lowest BCUT2D eigenvalue weighted by Crippen LogP contribution is -2.07. The lowest BCUT2D eigenvalue weighted by molar-refractivity contribution is -0.137. The fourth-order valence-electron chi connectivity index (χ4n) is 2.59. The van der Waals surface area contributed by atoms with E-state index in [1.807, 2.05) is 0 Å². The molecule has 32 heavy (non-hydrogen) atoms. The summed E-state index contributed by atoms with van der Waals surface area (Å²) in [5.41, 5.74) is 0.493. The van der Waals surface area contributed by atoms with E-state index in [1.165, 1.54) is 6.20 Å². The van der Waals surface area contributed by atoms with Crippen LogP contribution in [0.25, 0.3) is 0 Å². The van der Waals surface area contributed by atoms with E-state index in [1.54, 1.807) is 37.3 Å². The average molecular weight is 461 g/mol. The van der Waals surface area contributed by atoms with E-state index in [4.69, 9.17) is 4.74 Å². The Balaban J connectivity index is 1.59. The topological polar surface area (TPSA) is 81.2 Å². The van der Waals surface area contributed by atoms with Crippen molar-refractivity contribution in [3.63, 3.8) is 0 Å². The normalized spacial score (nSPS) is 11.1. The van der Waals surface area contributed by atoms with Gasteiger partial charge in [0.15, 0.2) is 10.9 Å². The van der Waals surface area contributed by atoms with Crippen molar-refractivity contribution in [3.8, 4) is 0 Å². The number of hydrogen-bond donors (Lipinski definition) is 1. The van der Waals surface area contributed by atoms with Crippen LogP contribution in [0.1, 0.15) is 33.2 Å². The molecule has 0 saturated heterocycles. The first-order chi connectivity index (χ1) is 15.3. The molecule has 0 atom stereocenters. The summed E-state index contributed by atoms with van der Waals surface area (Å²) >= 11 is 1.07. The predicted molar refractivity (Wildman–Crippen MR) is 114 cm³/mol. The fraction of sp³-hybridized carbons (Fsp3) is 0.182. The molecule has 3 aromatic rings. The second-order valence-corrected chi connectivity index (χ2v) is 7.38. The van der Waals surface area contributed by atoms with Crippen LogP contribution in [0.3, 0.4) is 0 Å². The van der Waals surface area contributed by atoms with Crippen molar-refractivity contribution in [1.29, 1.82) is 0 Å². The highest BCUT2D eigenvalue weighted by atomic mass is 32.2. The van der Waals surface area contributed by atoms with E-state index in [2.05, 4.69) is 15.3 Å². The van der Waals surface area contributed by atoms with Gasteiger partial charge in [0.2, 0.25) is 0 Å². The first-order valence-corrected chi connectivity index (χ1v) is 10.5. The van der Waals surface area contributed by atoms with Crippen molar-refractivity contribution in [2.75, 3.05) is 17.7 Å². The van der Waals surface area contributed by atoms with E-state index >= 15 is 0 Å². The number of carbonyl (C=O) groups excluding carboxylic acids is 2. The van der Waals surface area contributed by atoms with Crippen LogP contribution in [0.4, 0.5) is 24.7 Å². The third-order valence-electron chi connectivity index (χ3n) is 4.17. The van der Waals surface area contributed by atoms with Crippen LogP contribution in [0.2, 0.25) is 0 Å². The summed E-state index contributed by atoms with van der Waals surface area (Å²) in [6.07, 6.45) is -2.93. The Kier molecular flexibility index (Phi) is 7.47. The van der Waals surface area contributed by atoms with Gasteiger partial charge in [-0.1, -0.05) is 23.9 Å². The summed E-state index contributed by atoms with van der Waals surface area (Å²) in [4.78, 5) is 32.4. The molecule has 0 bridgehead atoms. The van der Waals surface area contributed by atoms with Crippen molar-refractivity contribution in [2.45, 2.75) is 18.3 Å². The van der Waals surface area contributed by atoms with Crippen LogP contribution in [0, 0.1) is 0 Å². The minimum atomic E-state index is -4.45. The molecule has 0 aliphatic rings. The molecule has 1 heterocycles. The molecule has 1 aromatic heterocycles. The number of ether oxygens (including phenoxy) is 1. The Morgan fingerprint density at radius 2 is 1.66 bits per heavy atom. The first-order valence-electron chi connectivity index (χ1n) is 9.47. The van der Waals surface area contributed by atoms with E-state index in [-0.39, 0.29) is 17.1 Å². The van der Waals surface area contributed by atoms with Crippen LogP contribution < -0.4 is 5.32 Å². The first kappa shape index (κ1) is 23.3.